The maximum absolute atomic E-state index is 13.5. The summed E-state index contributed by atoms with van der Waals surface area (Å²) in [6, 6.07) is 2.87. The molecule has 0 saturated heterocycles. The first kappa shape index (κ1) is 22.4. The maximum atomic E-state index is 13.5. The van der Waals surface area contributed by atoms with E-state index in [9.17, 15) is 22.4 Å². The van der Waals surface area contributed by atoms with E-state index in [1.54, 1.807) is 18.0 Å². The summed E-state index contributed by atoms with van der Waals surface area (Å²) in [5.41, 5.74) is 6.73. The second kappa shape index (κ2) is 7.57. The first-order valence-electron chi connectivity index (χ1n) is 11.0. The summed E-state index contributed by atoms with van der Waals surface area (Å²) in [5.74, 6) is 0.620. The molecule has 3 N–H and O–H groups in total. The Balaban J connectivity index is 1.51. The Morgan fingerprint density at radius 2 is 2.00 bits per heavy atom. The van der Waals surface area contributed by atoms with E-state index in [-0.39, 0.29) is 24.7 Å². The van der Waals surface area contributed by atoms with Gasteiger partial charge in [0.15, 0.2) is 0 Å². The highest BCUT2D eigenvalue weighted by atomic mass is 19.4. The van der Waals surface area contributed by atoms with Gasteiger partial charge in [-0.15, -0.1) is 0 Å². The maximum Gasteiger partial charge on any atom is 0.416 e. The standard InChI is InChI=1S/C23H24F4N6O/c1-12-8-29-21-31-19(30-13(2)14-5-15(23(25,26)27)7-16(28)6-14)17-9-32(10-18(17)33(12)21)20(34)22(11-24)3-4-22/h5-8,13H,3-4,9-11,28H2,1-2H3,(H,29,30,31)/t13-/m1/s1. The first-order chi connectivity index (χ1) is 16.0. The number of aryl methyl sites for hydroxylation is 1. The number of nitrogens with zero attached hydrogens (tertiary/aromatic N) is 4. The van der Waals surface area contributed by atoms with Gasteiger partial charge in [-0.1, -0.05) is 0 Å². The molecular formula is C23H24F4N6O. The van der Waals surface area contributed by atoms with Crippen LogP contribution in [0.2, 0.25) is 0 Å². The molecule has 1 amide bonds. The number of aromatic nitrogens is 3. The van der Waals surface area contributed by atoms with Crippen LogP contribution in [-0.4, -0.2) is 31.9 Å². The molecule has 2 aliphatic rings. The number of benzene rings is 1. The average Bonchev–Trinajstić information content (AvgIpc) is 3.32. The lowest BCUT2D eigenvalue weighted by atomic mass is 10.0. The summed E-state index contributed by atoms with van der Waals surface area (Å²) < 4.78 is 55.2. The molecule has 1 atom stereocenters. The topological polar surface area (TPSA) is 88.5 Å². The third-order valence-electron chi connectivity index (χ3n) is 6.73. The summed E-state index contributed by atoms with van der Waals surface area (Å²) in [7, 11) is 0. The van der Waals surface area contributed by atoms with Gasteiger partial charge in [0.1, 0.15) is 12.5 Å². The summed E-state index contributed by atoms with van der Waals surface area (Å²) in [6.07, 6.45) is -1.79. The molecule has 1 fully saturated rings. The van der Waals surface area contributed by atoms with Crippen LogP contribution in [-0.2, 0) is 24.1 Å². The minimum atomic E-state index is -4.52. The number of rotatable bonds is 5. The lowest BCUT2D eigenvalue weighted by Gasteiger charge is -2.21. The molecule has 1 aliphatic heterocycles. The SMILES string of the molecule is Cc1cnc2nc(N[C@H](C)c3cc(N)cc(C(F)(F)F)c3)c3c(n12)CN(C(=O)C1(CF)CC1)C3. The van der Waals surface area contributed by atoms with Crippen LogP contribution in [0.1, 0.15) is 53.9 Å². The third kappa shape index (κ3) is 3.63. The highest BCUT2D eigenvalue weighted by Crippen LogP contribution is 2.49. The number of nitrogens with two attached hydrogens (primary N) is 1. The predicted octanol–water partition coefficient (Wildman–Crippen LogP) is 4.40. The van der Waals surface area contributed by atoms with Gasteiger partial charge in [-0.25, -0.2) is 9.37 Å². The van der Waals surface area contributed by atoms with E-state index < -0.39 is 29.9 Å². The van der Waals surface area contributed by atoms with Crippen LogP contribution in [0, 0.1) is 12.3 Å². The third-order valence-corrected chi connectivity index (χ3v) is 6.73. The fraction of sp³-hybridized carbons (Fsp3) is 0.435. The highest BCUT2D eigenvalue weighted by molar-refractivity contribution is 5.86. The molecule has 0 radical (unpaired) electrons. The fourth-order valence-electron chi connectivity index (χ4n) is 4.57. The lowest BCUT2D eigenvalue weighted by molar-refractivity contribution is -0.138. The van der Waals surface area contributed by atoms with E-state index in [1.807, 2.05) is 11.3 Å². The van der Waals surface area contributed by atoms with Crippen LogP contribution >= 0.6 is 0 Å². The average molecular weight is 476 g/mol. The molecule has 180 valence electrons. The number of alkyl halides is 4. The number of anilines is 2. The van der Waals surface area contributed by atoms with Gasteiger partial charge in [0.2, 0.25) is 11.7 Å². The van der Waals surface area contributed by atoms with E-state index in [0.717, 1.165) is 29.1 Å². The van der Waals surface area contributed by atoms with Crippen molar-refractivity contribution in [3.63, 3.8) is 0 Å². The molecule has 2 aromatic heterocycles. The van der Waals surface area contributed by atoms with Crippen molar-refractivity contribution in [3.05, 3.63) is 52.5 Å². The van der Waals surface area contributed by atoms with E-state index in [4.69, 9.17) is 5.73 Å². The summed E-state index contributed by atoms with van der Waals surface area (Å²) in [5, 5.41) is 3.19. The van der Waals surface area contributed by atoms with E-state index in [2.05, 4.69) is 15.3 Å². The van der Waals surface area contributed by atoms with Gasteiger partial charge in [0, 0.05) is 16.9 Å². The second-order valence-corrected chi connectivity index (χ2v) is 9.25. The number of halogens is 4. The van der Waals surface area contributed by atoms with Crippen molar-refractivity contribution < 1.29 is 22.4 Å². The van der Waals surface area contributed by atoms with Gasteiger partial charge in [-0.2, -0.15) is 18.2 Å². The van der Waals surface area contributed by atoms with Gasteiger partial charge in [0.05, 0.1) is 42.0 Å². The van der Waals surface area contributed by atoms with Crippen molar-refractivity contribution in [2.45, 2.75) is 52.0 Å². The molecule has 34 heavy (non-hydrogen) atoms. The molecule has 0 unspecified atom stereocenters. The van der Waals surface area contributed by atoms with Crippen LogP contribution in [0.5, 0.6) is 0 Å². The Kier molecular flexibility index (Phi) is 4.99. The molecule has 7 nitrogen and oxygen atoms in total. The highest BCUT2D eigenvalue weighted by Gasteiger charge is 2.53. The Hall–Kier alpha value is -3.37. The smallest absolute Gasteiger partial charge is 0.399 e. The van der Waals surface area contributed by atoms with Gasteiger partial charge in [-0.3, -0.25) is 9.20 Å². The minimum absolute atomic E-state index is 0.00808. The van der Waals surface area contributed by atoms with Crippen LogP contribution in [0.15, 0.2) is 24.4 Å². The largest absolute Gasteiger partial charge is 0.416 e. The molecule has 1 aromatic carbocycles. The number of carbonyl (C=O) groups excluding carboxylic acids is 1. The first-order valence-corrected chi connectivity index (χ1v) is 11.0. The van der Waals surface area contributed by atoms with Crippen LogP contribution < -0.4 is 11.1 Å². The van der Waals surface area contributed by atoms with Crippen molar-refractivity contribution in [3.8, 4) is 0 Å². The van der Waals surface area contributed by atoms with Gasteiger partial charge in [-0.05, 0) is 50.5 Å². The zero-order valence-corrected chi connectivity index (χ0v) is 18.7. The van der Waals surface area contributed by atoms with Crippen molar-refractivity contribution in [2.24, 2.45) is 5.41 Å². The van der Waals surface area contributed by atoms with Crippen molar-refractivity contribution in [1.29, 1.82) is 0 Å². The Labute approximate surface area is 193 Å². The number of hydrogen-bond acceptors (Lipinski definition) is 5. The summed E-state index contributed by atoms with van der Waals surface area (Å²) >= 11 is 0. The van der Waals surface area contributed by atoms with Gasteiger partial charge < -0.3 is 16.0 Å². The zero-order chi connectivity index (χ0) is 24.4. The second-order valence-electron chi connectivity index (χ2n) is 9.25. The van der Waals surface area contributed by atoms with Crippen LogP contribution in [0.25, 0.3) is 5.78 Å². The van der Waals surface area contributed by atoms with Gasteiger partial charge in [0.25, 0.3) is 0 Å². The number of fused-ring (bicyclic) bond motifs is 3. The van der Waals surface area contributed by atoms with Crippen LogP contribution in [0.3, 0.4) is 0 Å². The minimum Gasteiger partial charge on any atom is -0.399 e. The van der Waals surface area contributed by atoms with Crippen molar-refractivity contribution in [2.75, 3.05) is 17.7 Å². The molecule has 3 heterocycles. The lowest BCUT2D eigenvalue weighted by Crippen LogP contribution is -2.34. The zero-order valence-electron chi connectivity index (χ0n) is 18.7. The van der Waals surface area contributed by atoms with Gasteiger partial charge >= 0.3 is 6.18 Å². The van der Waals surface area contributed by atoms with Crippen LogP contribution in [0.4, 0.5) is 29.1 Å². The normalized spacial score (nSPS) is 17.6. The van der Waals surface area contributed by atoms with E-state index in [0.29, 0.717) is 30.0 Å². The molecule has 1 saturated carbocycles. The summed E-state index contributed by atoms with van der Waals surface area (Å²) in [4.78, 5) is 23.6. The monoisotopic (exact) mass is 476 g/mol. The number of nitrogen functional groups attached to an aromatic ring is 1. The predicted molar refractivity (Wildman–Crippen MR) is 118 cm³/mol. The quantitative estimate of drug-likeness (QED) is 0.421. The fourth-order valence-corrected chi connectivity index (χ4v) is 4.57. The summed E-state index contributed by atoms with van der Waals surface area (Å²) in [6.45, 7) is 3.42. The number of carbonyl (C=O) groups is 1. The molecule has 11 heteroatoms. The van der Waals surface area contributed by atoms with E-state index in [1.165, 1.54) is 6.07 Å². The Bertz CT molecular complexity index is 1300. The molecule has 5 rings (SSSR count). The Morgan fingerprint density at radius 1 is 1.26 bits per heavy atom. The molecule has 0 spiro atoms. The number of hydrogen-bond donors (Lipinski definition) is 2. The molecule has 1 aliphatic carbocycles. The van der Waals surface area contributed by atoms with E-state index >= 15 is 0 Å². The Morgan fingerprint density at radius 3 is 2.65 bits per heavy atom. The van der Waals surface area contributed by atoms with Crippen molar-refractivity contribution in [1.82, 2.24) is 19.3 Å². The number of amides is 1. The number of nitrogens with one attached hydrogen (secondary N) is 1. The molecule has 0 bridgehead atoms. The molecule has 3 aromatic rings. The number of imidazole rings is 1. The molecular weight excluding hydrogens is 452 g/mol. The van der Waals surface area contributed by atoms with Crippen molar-refractivity contribution >= 4 is 23.2 Å².